The fourth-order valence-electron chi connectivity index (χ4n) is 1.93. The first kappa shape index (κ1) is 12.8. The number of aromatic nitrogens is 2. The van der Waals surface area contributed by atoms with Gasteiger partial charge in [0.25, 0.3) is 0 Å². The Bertz CT molecular complexity index is 533. The van der Waals surface area contributed by atoms with Crippen LogP contribution in [0.4, 0.5) is 0 Å². The zero-order chi connectivity index (χ0) is 13.3. The molecule has 0 amide bonds. The molecule has 2 rings (SSSR count). The third kappa shape index (κ3) is 2.46. The van der Waals surface area contributed by atoms with Crippen LogP contribution in [0.5, 0.6) is 0 Å². The number of aliphatic hydroxyl groups is 1. The minimum Gasteiger partial charge on any atom is -0.383 e. The van der Waals surface area contributed by atoms with Crippen LogP contribution in [0.3, 0.4) is 0 Å². The van der Waals surface area contributed by atoms with E-state index in [2.05, 4.69) is 41.2 Å². The minimum atomic E-state index is -0.938. The second-order valence-corrected chi connectivity index (χ2v) is 5.17. The van der Waals surface area contributed by atoms with Gasteiger partial charge in [-0.05, 0) is 32.8 Å². The Balaban J connectivity index is 2.41. The fraction of sp³-hybridized carbons (Fsp3) is 0.400. The van der Waals surface area contributed by atoms with Crippen molar-refractivity contribution in [3.8, 4) is 11.3 Å². The summed E-state index contributed by atoms with van der Waals surface area (Å²) in [7, 11) is 0. The molecule has 0 aliphatic carbocycles. The third-order valence-corrected chi connectivity index (χ3v) is 3.10. The van der Waals surface area contributed by atoms with Gasteiger partial charge in [-0.3, -0.25) is 0 Å². The molecule has 0 saturated carbocycles. The standard InChI is InChI=1S/C15H20N2O/c1-5-11-6-8-12(9-7-11)13-10(2)16-14(17-13)15(3,4)18/h6-9,18H,5H2,1-4H3,(H,16,17). The van der Waals surface area contributed by atoms with Gasteiger partial charge in [0.05, 0.1) is 5.69 Å². The van der Waals surface area contributed by atoms with E-state index in [0.29, 0.717) is 5.82 Å². The lowest BCUT2D eigenvalue weighted by Gasteiger charge is -2.12. The Morgan fingerprint density at radius 1 is 1.22 bits per heavy atom. The molecule has 0 fully saturated rings. The summed E-state index contributed by atoms with van der Waals surface area (Å²) in [6.45, 7) is 7.58. The second kappa shape index (κ2) is 4.58. The minimum absolute atomic E-state index is 0.606. The van der Waals surface area contributed by atoms with E-state index in [1.165, 1.54) is 5.56 Å². The maximum absolute atomic E-state index is 9.96. The summed E-state index contributed by atoms with van der Waals surface area (Å²) in [5, 5.41) is 9.96. The molecule has 1 heterocycles. The van der Waals surface area contributed by atoms with E-state index in [1.54, 1.807) is 13.8 Å². The topological polar surface area (TPSA) is 48.9 Å². The summed E-state index contributed by atoms with van der Waals surface area (Å²) >= 11 is 0. The van der Waals surface area contributed by atoms with Crippen molar-refractivity contribution in [2.24, 2.45) is 0 Å². The van der Waals surface area contributed by atoms with Gasteiger partial charge in [-0.25, -0.2) is 4.98 Å². The van der Waals surface area contributed by atoms with Crippen LogP contribution in [-0.4, -0.2) is 15.1 Å². The Hall–Kier alpha value is -1.61. The lowest BCUT2D eigenvalue weighted by Crippen LogP contribution is -2.17. The summed E-state index contributed by atoms with van der Waals surface area (Å²) in [6.07, 6.45) is 1.04. The van der Waals surface area contributed by atoms with Gasteiger partial charge < -0.3 is 10.1 Å². The quantitative estimate of drug-likeness (QED) is 0.871. The monoisotopic (exact) mass is 244 g/mol. The van der Waals surface area contributed by atoms with Gasteiger partial charge in [-0.1, -0.05) is 31.2 Å². The largest absolute Gasteiger partial charge is 0.383 e. The summed E-state index contributed by atoms with van der Waals surface area (Å²) in [5.74, 6) is 0.606. The number of hydrogen-bond donors (Lipinski definition) is 2. The zero-order valence-electron chi connectivity index (χ0n) is 11.4. The first-order valence-electron chi connectivity index (χ1n) is 6.30. The molecule has 0 unspecified atom stereocenters. The van der Waals surface area contributed by atoms with Crippen LogP contribution in [0.1, 0.15) is 37.9 Å². The van der Waals surface area contributed by atoms with Crippen LogP contribution in [0, 0.1) is 6.92 Å². The Labute approximate surface area is 108 Å². The molecule has 18 heavy (non-hydrogen) atoms. The van der Waals surface area contributed by atoms with Crippen molar-refractivity contribution >= 4 is 0 Å². The first-order valence-corrected chi connectivity index (χ1v) is 6.30. The summed E-state index contributed by atoms with van der Waals surface area (Å²) in [6, 6.07) is 8.40. The van der Waals surface area contributed by atoms with E-state index in [9.17, 15) is 5.11 Å². The number of hydrogen-bond acceptors (Lipinski definition) is 2. The molecule has 3 nitrogen and oxygen atoms in total. The van der Waals surface area contributed by atoms with Crippen LogP contribution in [0.25, 0.3) is 11.3 Å². The highest BCUT2D eigenvalue weighted by atomic mass is 16.3. The van der Waals surface area contributed by atoms with Crippen LogP contribution >= 0.6 is 0 Å². The number of imidazole rings is 1. The van der Waals surface area contributed by atoms with Crippen LogP contribution < -0.4 is 0 Å². The molecule has 0 aliphatic rings. The Morgan fingerprint density at radius 3 is 2.28 bits per heavy atom. The number of nitrogens with zero attached hydrogens (tertiary/aromatic N) is 1. The maximum Gasteiger partial charge on any atom is 0.138 e. The van der Waals surface area contributed by atoms with E-state index >= 15 is 0 Å². The van der Waals surface area contributed by atoms with Crippen molar-refractivity contribution in [2.75, 3.05) is 0 Å². The average Bonchev–Trinajstić information content (AvgIpc) is 2.71. The molecule has 0 saturated heterocycles. The molecule has 1 aromatic carbocycles. The lowest BCUT2D eigenvalue weighted by atomic mass is 10.1. The van der Waals surface area contributed by atoms with Crippen molar-refractivity contribution in [3.05, 3.63) is 41.3 Å². The van der Waals surface area contributed by atoms with Gasteiger partial charge >= 0.3 is 0 Å². The molecule has 0 aliphatic heterocycles. The molecular formula is C15H20N2O. The van der Waals surface area contributed by atoms with E-state index in [-0.39, 0.29) is 0 Å². The van der Waals surface area contributed by atoms with Crippen molar-refractivity contribution < 1.29 is 5.11 Å². The van der Waals surface area contributed by atoms with E-state index in [0.717, 1.165) is 23.4 Å². The van der Waals surface area contributed by atoms with Crippen molar-refractivity contribution in [3.63, 3.8) is 0 Å². The normalized spacial score (nSPS) is 11.8. The van der Waals surface area contributed by atoms with Crippen LogP contribution in [-0.2, 0) is 12.0 Å². The Kier molecular flexibility index (Phi) is 3.26. The highest BCUT2D eigenvalue weighted by molar-refractivity contribution is 5.62. The number of benzene rings is 1. The summed E-state index contributed by atoms with van der Waals surface area (Å²) in [5.41, 5.74) is 3.35. The number of nitrogens with one attached hydrogen (secondary N) is 1. The molecule has 2 N–H and O–H groups in total. The first-order chi connectivity index (χ1) is 8.41. The van der Waals surface area contributed by atoms with E-state index in [1.807, 2.05) is 6.92 Å². The van der Waals surface area contributed by atoms with Gasteiger partial charge in [0.2, 0.25) is 0 Å². The van der Waals surface area contributed by atoms with E-state index in [4.69, 9.17) is 0 Å². The maximum atomic E-state index is 9.96. The highest BCUT2D eigenvalue weighted by Crippen LogP contribution is 2.25. The van der Waals surface area contributed by atoms with Crippen LogP contribution in [0.2, 0.25) is 0 Å². The van der Waals surface area contributed by atoms with Crippen molar-refractivity contribution in [1.29, 1.82) is 0 Å². The van der Waals surface area contributed by atoms with Crippen LogP contribution in [0.15, 0.2) is 24.3 Å². The SMILES string of the molecule is CCc1ccc(-c2nc(C(C)(C)O)[nH]c2C)cc1. The average molecular weight is 244 g/mol. The second-order valence-electron chi connectivity index (χ2n) is 5.17. The molecule has 0 radical (unpaired) electrons. The highest BCUT2D eigenvalue weighted by Gasteiger charge is 2.21. The van der Waals surface area contributed by atoms with Gasteiger partial charge in [0, 0.05) is 11.3 Å². The molecule has 0 spiro atoms. The smallest absolute Gasteiger partial charge is 0.138 e. The molecule has 96 valence electrons. The summed E-state index contributed by atoms with van der Waals surface area (Å²) < 4.78 is 0. The fourth-order valence-corrected chi connectivity index (χ4v) is 1.93. The zero-order valence-corrected chi connectivity index (χ0v) is 11.4. The summed E-state index contributed by atoms with van der Waals surface area (Å²) in [4.78, 5) is 7.65. The molecule has 1 aromatic heterocycles. The molecular weight excluding hydrogens is 224 g/mol. The number of H-pyrrole nitrogens is 1. The Morgan fingerprint density at radius 2 is 1.83 bits per heavy atom. The predicted molar refractivity (Wildman–Crippen MR) is 73.4 cm³/mol. The third-order valence-electron chi connectivity index (χ3n) is 3.10. The van der Waals surface area contributed by atoms with Gasteiger partial charge in [-0.2, -0.15) is 0 Å². The number of aryl methyl sites for hydroxylation is 2. The number of aromatic amines is 1. The van der Waals surface area contributed by atoms with Gasteiger partial charge in [0.15, 0.2) is 0 Å². The van der Waals surface area contributed by atoms with Gasteiger partial charge in [0.1, 0.15) is 11.4 Å². The molecule has 0 bridgehead atoms. The van der Waals surface area contributed by atoms with Gasteiger partial charge in [-0.15, -0.1) is 0 Å². The van der Waals surface area contributed by atoms with Crippen molar-refractivity contribution in [1.82, 2.24) is 9.97 Å². The van der Waals surface area contributed by atoms with Crippen molar-refractivity contribution in [2.45, 2.75) is 39.7 Å². The molecule has 3 heteroatoms. The lowest BCUT2D eigenvalue weighted by molar-refractivity contribution is 0.0696. The van der Waals surface area contributed by atoms with E-state index < -0.39 is 5.60 Å². The molecule has 0 atom stereocenters. The number of rotatable bonds is 3. The molecule has 2 aromatic rings. The predicted octanol–water partition coefficient (Wildman–Crippen LogP) is 3.17.